The van der Waals surface area contributed by atoms with Gasteiger partial charge in [0.2, 0.25) is 10.0 Å². The Morgan fingerprint density at radius 3 is 2.57 bits per heavy atom. The van der Waals surface area contributed by atoms with Crippen LogP contribution >= 0.6 is 11.6 Å². The van der Waals surface area contributed by atoms with Crippen molar-refractivity contribution in [3.8, 4) is 0 Å². The first-order valence-corrected chi connectivity index (χ1v) is 9.48. The van der Waals surface area contributed by atoms with Crippen molar-refractivity contribution < 1.29 is 8.42 Å². The zero-order valence-corrected chi connectivity index (χ0v) is 14.3. The number of benzene rings is 2. The van der Waals surface area contributed by atoms with E-state index in [0.29, 0.717) is 9.92 Å². The van der Waals surface area contributed by atoms with E-state index in [2.05, 4.69) is 10.0 Å². The van der Waals surface area contributed by atoms with Gasteiger partial charge in [-0.1, -0.05) is 35.9 Å². The summed E-state index contributed by atoms with van der Waals surface area (Å²) in [6.07, 6.45) is 1.78. The molecule has 1 heterocycles. The molecule has 3 rings (SSSR count). The summed E-state index contributed by atoms with van der Waals surface area (Å²) in [7, 11) is -3.55. The average molecular weight is 351 g/mol. The molecule has 0 unspecified atom stereocenters. The molecule has 0 radical (unpaired) electrons. The van der Waals surface area contributed by atoms with Gasteiger partial charge >= 0.3 is 0 Å². The van der Waals surface area contributed by atoms with Crippen molar-refractivity contribution >= 4 is 21.6 Å². The molecular formula is C17H19ClN2O2S. The number of hydrogen-bond donors (Lipinski definition) is 2. The van der Waals surface area contributed by atoms with Gasteiger partial charge in [-0.3, -0.25) is 0 Å². The van der Waals surface area contributed by atoms with E-state index >= 15 is 0 Å². The molecule has 0 aromatic heterocycles. The normalized spacial score (nSPS) is 15.0. The monoisotopic (exact) mass is 350 g/mol. The molecule has 0 fully saturated rings. The van der Waals surface area contributed by atoms with E-state index in [9.17, 15) is 8.42 Å². The zero-order valence-electron chi connectivity index (χ0n) is 12.7. The molecule has 4 nitrogen and oxygen atoms in total. The molecule has 0 spiro atoms. The van der Waals surface area contributed by atoms with Gasteiger partial charge in [-0.15, -0.1) is 0 Å². The fraction of sp³-hybridized carbons (Fsp3) is 0.294. The van der Waals surface area contributed by atoms with Gasteiger partial charge in [-0.05, 0) is 60.8 Å². The van der Waals surface area contributed by atoms with E-state index < -0.39 is 10.0 Å². The van der Waals surface area contributed by atoms with E-state index in [1.54, 1.807) is 18.2 Å². The highest BCUT2D eigenvalue weighted by Gasteiger charge is 2.17. The lowest BCUT2D eigenvalue weighted by Crippen LogP contribution is -2.23. The van der Waals surface area contributed by atoms with Gasteiger partial charge in [0.05, 0.1) is 4.90 Å². The predicted octanol–water partition coefficient (Wildman–Crippen LogP) is 2.51. The Bertz CT molecular complexity index is 806. The van der Waals surface area contributed by atoms with Crippen LogP contribution in [0.25, 0.3) is 0 Å². The van der Waals surface area contributed by atoms with Gasteiger partial charge in [-0.2, -0.15) is 0 Å². The molecule has 0 atom stereocenters. The Balaban J connectivity index is 1.80. The third-order valence-corrected chi connectivity index (χ3v) is 5.81. The topological polar surface area (TPSA) is 58.2 Å². The highest BCUT2D eigenvalue weighted by atomic mass is 35.5. The first kappa shape index (κ1) is 16.5. The lowest BCUT2D eigenvalue weighted by Gasteiger charge is -2.11. The second-order valence-corrected chi connectivity index (χ2v) is 7.77. The molecule has 1 aliphatic rings. The van der Waals surface area contributed by atoms with Crippen molar-refractivity contribution in [2.75, 3.05) is 13.1 Å². The van der Waals surface area contributed by atoms with E-state index in [1.165, 1.54) is 5.56 Å². The molecule has 0 aliphatic carbocycles. The summed E-state index contributed by atoms with van der Waals surface area (Å²) in [5, 5.41) is 3.88. The molecule has 23 heavy (non-hydrogen) atoms. The average Bonchev–Trinajstić information content (AvgIpc) is 2.78. The number of rotatable bonds is 4. The Hall–Kier alpha value is -1.40. The van der Waals surface area contributed by atoms with Crippen LogP contribution in [0.4, 0.5) is 0 Å². The molecule has 122 valence electrons. The van der Waals surface area contributed by atoms with Crippen molar-refractivity contribution in [2.24, 2.45) is 0 Å². The van der Waals surface area contributed by atoms with E-state index in [4.69, 9.17) is 11.6 Å². The maximum atomic E-state index is 12.5. The van der Waals surface area contributed by atoms with Crippen molar-refractivity contribution in [1.82, 2.24) is 10.0 Å². The van der Waals surface area contributed by atoms with Gasteiger partial charge in [0.25, 0.3) is 0 Å². The maximum Gasteiger partial charge on any atom is 0.240 e. The third-order valence-electron chi connectivity index (χ3n) is 4.04. The number of nitrogens with one attached hydrogen (secondary N) is 2. The third kappa shape index (κ3) is 3.93. The lowest BCUT2D eigenvalue weighted by atomic mass is 10.0. The van der Waals surface area contributed by atoms with E-state index in [0.717, 1.165) is 37.1 Å². The molecule has 0 bridgehead atoms. The minimum absolute atomic E-state index is 0.181. The fourth-order valence-electron chi connectivity index (χ4n) is 2.72. The lowest BCUT2D eigenvalue weighted by molar-refractivity contribution is 0.581. The molecule has 1 aliphatic heterocycles. The van der Waals surface area contributed by atoms with Crippen LogP contribution in [0.1, 0.15) is 16.7 Å². The summed E-state index contributed by atoms with van der Waals surface area (Å²) in [6.45, 7) is 1.99. The minimum atomic E-state index is -3.55. The second-order valence-electron chi connectivity index (χ2n) is 5.60. The molecule has 0 amide bonds. The van der Waals surface area contributed by atoms with Crippen LogP contribution in [0.3, 0.4) is 0 Å². The van der Waals surface area contributed by atoms with Crippen LogP contribution in [-0.2, 0) is 29.4 Å². The molecule has 2 N–H and O–H groups in total. The SMILES string of the molecule is O=S(=O)(NCc1ccccc1Cl)c1ccc2c(c1)CCNCC2. The van der Waals surface area contributed by atoms with Gasteiger partial charge in [0.15, 0.2) is 0 Å². The highest BCUT2D eigenvalue weighted by molar-refractivity contribution is 7.89. The van der Waals surface area contributed by atoms with E-state index in [1.807, 2.05) is 24.3 Å². The molecule has 2 aromatic carbocycles. The Labute approximate surface area is 141 Å². The van der Waals surface area contributed by atoms with Crippen LogP contribution in [0.15, 0.2) is 47.4 Å². The van der Waals surface area contributed by atoms with Crippen molar-refractivity contribution in [1.29, 1.82) is 0 Å². The summed E-state index contributed by atoms with van der Waals surface area (Å²) >= 11 is 6.07. The van der Waals surface area contributed by atoms with Crippen LogP contribution in [0.5, 0.6) is 0 Å². The van der Waals surface area contributed by atoms with Gasteiger partial charge < -0.3 is 5.32 Å². The van der Waals surface area contributed by atoms with Crippen molar-refractivity contribution in [3.05, 3.63) is 64.2 Å². The first-order valence-electron chi connectivity index (χ1n) is 7.62. The standard InChI is InChI=1S/C17H19ClN2O2S/c18-17-4-2-1-3-15(17)12-20-23(21,22)16-6-5-13-7-9-19-10-8-14(13)11-16/h1-6,11,19-20H,7-10,12H2. The number of fused-ring (bicyclic) bond motifs is 1. The summed E-state index contributed by atoms with van der Waals surface area (Å²) < 4.78 is 27.7. The summed E-state index contributed by atoms with van der Waals surface area (Å²) in [5.74, 6) is 0. The smallest absolute Gasteiger partial charge is 0.240 e. The largest absolute Gasteiger partial charge is 0.316 e. The Morgan fingerprint density at radius 1 is 1.04 bits per heavy atom. The molecule has 6 heteroatoms. The molecule has 2 aromatic rings. The fourth-order valence-corrected chi connectivity index (χ4v) is 3.97. The quantitative estimate of drug-likeness (QED) is 0.890. The van der Waals surface area contributed by atoms with Gasteiger partial charge in [0, 0.05) is 11.6 Å². The highest BCUT2D eigenvalue weighted by Crippen LogP contribution is 2.20. The Morgan fingerprint density at radius 2 is 1.78 bits per heavy atom. The number of halogens is 1. The van der Waals surface area contributed by atoms with Crippen molar-refractivity contribution in [2.45, 2.75) is 24.3 Å². The summed E-state index contributed by atoms with van der Waals surface area (Å²) in [6, 6.07) is 12.6. The van der Waals surface area contributed by atoms with Gasteiger partial charge in [-0.25, -0.2) is 13.1 Å². The number of hydrogen-bond acceptors (Lipinski definition) is 3. The van der Waals surface area contributed by atoms with Crippen molar-refractivity contribution in [3.63, 3.8) is 0 Å². The number of sulfonamides is 1. The van der Waals surface area contributed by atoms with Crippen LogP contribution < -0.4 is 10.0 Å². The predicted molar refractivity (Wildman–Crippen MR) is 92.2 cm³/mol. The first-order chi connectivity index (χ1) is 11.1. The van der Waals surface area contributed by atoms with Crippen LogP contribution in [0.2, 0.25) is 5.02 Å². The molecule has 0 saturated heterocycles. The maximum absolute atomic E-state index is 12.5. The summed E-state index contributed by atoms with van der Waals surface area (Å²) in [5.41, 5.74) is 3.09. The zero-order chi connectivity index (χ0) is 16.3. The summed E-state index contributed by atoms with van der Waals surface area (Å²) in [4.78, 5) is 0.310. The molecular weight excluding hydrogens is 332 g/mol. The molecule has 0 saturated carbocycles. The van der Waals surface area contributed by atoms with Gasteiger partial charge in [0.1, 0.15) is 0 Å². The second kappa shape index (κ2) is 7.01. The Kier molecular flexibility index (Phi) is 5.02. The van der Waals surface area contributed by atoms with Crippen LogP contribution in [0, 0.1) is 0 Å². The van der Waals surface area contributed by atoms with Crippen LogP contribution in [-0.4, -0.2) is 21.5 Å². The van der Waals surface area contributed by atoms with E-state index in [-0.39, 0.29) is 6.54 Å². The minimum Gasteiger partial charge on any atom is -0.316 e.